The van der Waals surface area contributed by atoms with E-state index in [9.17, 15) is 19.7 Å². The van der Waals surface area contributed by atoms with Crippen LogP contribution in [-0.4, -0.2) is 43.9 Å². The van der Waals surface area contributed by atoms with Crippen LogP contribution in [0, 0.1) is 30.9 Å². The van der Waals surface area contributed by atoms with Gasteiger partial charge in [-0.2, -0.15) is 0 Å². The summed E-state index contributed by atoms with van der Waals surface area (Å²) in [6, 6.07) is 17.5. The van der Waals surface area contributed by atoms with Crippen LogP contribution in [0.15, 0.2) is 65.8 Å². The fourth-order valence-electron chi connectivity index (χ4n) is 4.02. The van der Waals surface area contributed by atoms with Crippen LogP contribution in [0.4, 0.5) is 11.4 Å². The third kappa shape index (κ3) is 7.28. The molecule has 2 amide bonds. The standard InChI is InChI=1S/C29H30N6O5S/c1-5-40-23-12-10-22(11-13-23)34-26(16-30-28(37)21-9-8-20(4)25(15-21)35(38)39)32-33-29(34)41-17-27(36)31-24-14-18(2)6-7-19(24)3/h6-15H,5,16-17H2,1-4H3,(H,30,37)(H,31,36). The zero-order valence-electron chi connectivity index (χ0n) is 23.1. The highest BCUT2D eigenvalue weighted by atomic mass is 32.2. The molecule has 4 rings (SSSR count). The maximum Gasteiger partial charge on any atom is 0.273 e. The molecule has 12 heteroatoms. The second-order valence-corrected chi connectivity index (χ2v) is 10.2. The van der Waals surface area contributed by atoms with Crippen LogP contribution in [0.5, 0.6) is 5.75 Å². The number of rotatable bonds is 11. The van der Waals surface area contributed by atoms with Crippen molar-refractivity contribution in [2.75, 3.05) is 17.7 Å². The highest BCUT2D eigenvalue weighted by Gasteiger charge is 2.19. The van der Waals surface area contributed by atoms with Crippen molar-refractivity contribution in [3.05, 3.63) is 98.9 Å². The van der Waals surface area contributed by atoms with E-state index in [4.69, 9.17) is 4.74 Å². The Kier molecular flexibility index (Phi) is 9.35. The first-order valence-corrected chi connectivity index (χ1v) is 13.9. The second-order valence-electron chi connectivity index (χ2n) is 9.26. The highest BCUT2D eigenvalue weighted by Crippen LogP contribution is 2.25. The molecule has 4 aromatic rings. The molecule has 0 unspecified atom stereocenters. The maximum absolute atomic E-state index is 12.8. The van der Waals surface area contributed by atoms with E-state index in [1.807, 2.05) is 63.2 Å². The summed E-state index contributed by atoms with van der Waals surface area (Å²) in [5.74, 6) is 0.517. The molecule has 1 aromatic heterocycles. The second kappa shape index (κ2) is 13.1. The Morgan fingerprint density at radius 1 is 1.00 bits per heavy atom. The van der Waals surface area contributed by atoms with E-state index < -0.39 is 10.8 Å². The predicted octanol–water partition coefficient (Wildman–Crippen LogP) is 5.16. The summed E-state index contributed by atoms with van der Waals surface area (Å²) in [5, 5.41) is 26.0. The number of amides is 2. The summed E-state index contributed by atoms with van der Waals surface area (Å²) in [4.78, 5) is 36.4. The molecule has 212 valence electrons. The molecule has 0 aliphatic rings. The van der Waals surface area contributed by atoms with Gasteiger partial charge >= 0.3 is 0 Å². The first kappa shape index (κ1) is 29.3. The highest BCUT2D eigenvalue weighted by molar-refractivity contribution is 7.99. The molecular weight excluding hydrogens is 544 g/mol. The molecule has 11 nitrogen and oxygen atoms in total. The van der Waals surface area contributed by atoms with Crippen molar-refractivity contribution < 1.29 is 19.2 Å². The average molecular weight is 575 g/mol. The lowest BCUT2D eigenvalue weighted by Crippen LogP contribution is -2.25. The van der Waals surface area contributed by atoms with Crippen LogP contribution in [0.1, 0.15) is 39.8 Å². The molecule has 41 heavy (non-hydrogen) atoms. The number of hydrogen-bond donors (Lipinski definition) is 2. The van der Waals surface area contributed by atoms with Gasteiger partial charge in [0.2, 0.25) is 5.91 Å². The molecule has 0 saturated heterocycles. The van der Waals surface area contributed by atoms with Gasteiger partial charge in [0.05, 0.1) is 23.8 Å². The Bertz CT molecular complexity index is 1590. The Labute approximate surface area is 241 Å². The van der Waals surface area contributed by atoms with E-state index in [0.717, 1.165) is 16.8 Å². The van der Waals surface area contributed by atoms with Gasteiger partial charge in [0.1, 0.15) is 5.75 Å². The van der Waals surface area contributed by atoms with Crippen LogP contribution in [0.3, 0.4) is 0 Å². The number of benzene rings is 3. The first-order valence-electron chi connectivity index (χ1n) is 12.9. The van der Waals surface area contributed by atoms with E-state index >= 15 is 0 Å². The van der Waals surface area contributed by atoms with Gasteiger partial charge in [0.25, 0.3) is 11.6 Å². The predicted molar refractivity (Wildman–Crippen MR) is 157 cm³/mol. The van der Waals surface area contributed by atoms with Crippen molar-refractivity contribution in [3.63, 3.8) is 0 Å². The van der Waals surface area contributed by atoms with Crippen LogP contribution in [0.2, 0.25) is 0 Å². The van der Waals surface area contributed by atoms with Crippen LogP contribution >= 0.6 is 11.8 Å². The number of nitrogens with zero attached hydrogens (tertiary/aromatic N) is 4. The molecule has 0 aliphatic carbocycles. The van der Waals surface area contributed by atoms with Crippen molar-refractivity contribution in [1.29, 1.82) is 0 Å². The topological polar surface area (TPSA) is 141 Å². The van der Waals surface area contributed by atoms with Gasteiger partial charge in [0, 0.05) is 28.6 Å². The summed E-state index contributed by atoms with van der Waals surface area (Å²) in [6.07, 6.45) is 0. The number of nitrogens with one attached hydrogen (secondary N) is 2. The Balaban J connectivity index is 1.54. The molecule has 0 bridgehead atoms. The molecule has 0 spiro atoms. The molecule has 0 atom stereocenters. The van der Waals surface area contributed by atoms with Gasteiger partial charge in [0.15, 0.2) is 11.0 Å². The molecular formula is C29H30N6O5S. The summed E-state index contributed by atoms with van der Waals surface area (Å²) in [5.41, 5.74) is 3.96. The molecule has 0 fully saturated rings. The number of nitro groups is 1. The van der Waals surface area contributed by atoms with Crippen molar-refractivity contribution in [2.24, 2.45) is 0 Å². The number of aryl methyl sites for hydroxylation is 3. The van der Waals surface area contributed by atoms with Gasteiger partial charge in [-0.3, -0.25) is 24.3 Å². The number of carbonyl (C=O) groups excluding carboxylic acids is 2. The van der Waals surface area contributed by atoms with Gasteiger partial charge < -0.3 is 15.4 Å². The minimum absolute atomic E-state index is 0.00401. The van der Waals surface area contributed by atoms with E-state index in [-0.39, 0.29) is 29.5 Å². The SMILES string of the molecule is CCOc1ccc(-n2c(CNC(=O)c3ccc(C)c([N+](=O)[O-])c3)nnc2SCC(=O)Nc2cc(C)ccc2C)cc1. The number of hydrogen-bond acceptors (Lipinski definition) is 8. The Morgan fingerprint density at radius 2 is 1.73 bits per heavy atom. The number of anilines is 1. The number of ether oxygens (including phenoxy) is 1. The van der Waals surface area contributed by atoms with Crippen LogP contribution < -0.4 is 15.4 Å². The van der Waals surface area contributed by atoms with Crippen LogP contribution in [-0.2, 0) is 11.3 Å². The summed E-state index contributed by atoms with van der Waals surface area (Å²) in [7, 11) is 0. The lowest BCUT2D eigenvalue weighted by molar-refractivity contribution is -0.385. The Hall–Kier alpha value is -4.71. The molecule has 3 aromatic carbocycles. The normalized spacial score (nSPS) is 10.7. The fraction of sp³-hybridized carbons (Fsp3) is 0.241. The zero-order chi connectivity index (χ0) is 29.5. The summed E-state index contributed by atoms with van der Waals surface area (Å²) >= 11 is 1.21. The minimum Gasteiger partial charge on any atom is -0.494 e. The zero-order valence-corrected chi connectivity index (χ0v) is 23.9. The number of nitro benzene ring substituents is 1. The summed E-state index contributed by atoms with van der Waals surface area (Å²) in [6.45, 7) is 7.92. The van der Waals surface area contributed by atoms with Gasteiger partial charge in [-0.1, -0.05) is 30.0 Å². The van der Waals surface area contributed by atoms with Crippen molar-refractivity contribution in [1.82, 2.24) is 20.1 Å². The third-order valence-corrected chi connectivity index (χ3v) is 7.11. The molecule has 0 radical (unpaired) electrons. The quantitative estimate of drug-likeness (QED) is 0.142. The van der Waals surface area contributed by atoms with E-state index in [2.05, 4.69) is 20.8 Å². The Morgan fingerprint density at radius 3 is 2.44 bits per heavy atom. The van der Waals surface area contributed by atoms with Crippen molar-refractivity contribution in [3.8, 4) is 11.4 Å². The average Bonchev–Trinajstić information content (AvgIpc) is 3.36. The lowest BCUT2D eigenvalue weighted by Gasteiger charge is -2.13. The van der Waals surface area contributed by atoms with Gasteiger partial charge in [-0.25, -0.2) is 0 Å². The van der Waals surface area contributed by atoms with E-state index in [1.165, 1.54) is 30.0 Å². The van der Waals surface area contributed by atoms with E-state index in [1.54, 1.807) is 11.5 Å². The molecule has 2 N–H and O–H groups in total. The lowest BCUT2D eigenvalue weighted by atomic mass is 10.1. The van der Waals surface area contributed by atoms with Crippen molar-refractivity contribution >= 4 is 35.0 Å². The maximum atomic E-state index is 12.8. The molecule has 1 heterocycles. The molecule has 0 saturated carbocycles. The number of carbonyl (C=O) groups is 2. The number of aromatic nitrogens is 3. The smallest absolute Gasteiger partial charge is 0.273 e. The first-order chi connectivity index (χ1) is 19.7. The van der Waals surface area contributed by atoms with Gasteiger partial charge in [-0.15, -0.1) is 10.2 Å². The third-order valence-electron chi connectivity index (χ3n) is 6.18. The van der Waals surface area contributed by atoms with Gasteiger partial charge in [-0.05, 0) is 75.2 Å². The van der Waals surface area contributed by atoms with Crippen molar-refractivity contribution in [2.45, 2.75) is 39.4 Å². The minimum atomic E-state index is -0.519. The fourth-order valence-corrected chi connectivity index (χ4v) is 4.79. The number of thioether (sulfide) groups is 1. The summed E-state index contributed by atoms with van der Waals surface area (Å²) < 4.78 is 7.30. The molecule has 0 aliphatic heterocycles. The monoisotopic (exact) mass is 574 g/mol. The van der Waals surface area contributed by atoms with Crippen LogP contribution in [0.25, 0.3) is 5.69 Å². The largest absolute Gasteiger partial charge is 0.494 e. The van der Waals surface area contributed by atoms with E-state index in [0.29, 0.717) is 34.6 Å².